The summed E-state index contributed by atoms with van der Waals surface area (Å²) in [6.07, 6.45) is 5.23. The zero-order chi connectivity index (χ0) is 13.1. The molecule has 1 aromatic heterocycles. The fourth-order valence-electron chi connectivity index (χ4n) is 2.21. The summed E-state index contributed by atoms with van der Waals surface area (Å²) >= 11 is 9.24. The van der Waals surface area contributed by atoms with Crippen LogP contribution in [0.25, 0.3) is 0 Å². The number of rotatable bonds is 2. The van der Waals surface area contributed by atoms with Gasteiger partial charge in [-0.1, -0.05) is 18.0 Å². The Bertz CT molecular complexity index is 455. The van der Waals surface area contributed by atoms with Crippen molar-refractivity contribution in [1.82, 2.24) is 4.98 Å². The first kappa shape index (κ1) is 13.8. The quantitative estimate of drug-likeness (QED) is 0.818. The number of halogens is 2. The smallest absolute Gasteiger partial charge is 0.227 e. The van der Waals surface area contributed by atoms with E-state index in [2.05, 4.69) is 26.2 Å². The molecular weight excluding hydrogens is 318 g/mol. The molecule has 0 bridgehead atoms. The van der Waals surface area contributed by atoms with E-state index in [0.29, 0.717) is 10.8 Å². The minimum absolute atomic E-state index is 0.0213. The third-order valence-corrected chi connectivity index (χ3v) is 3.88. The van der Waals surface area contributed by atoms with Crippen molar-refractivity contribution >= 4 is 39.1 Å². The van der Waals surface area contributed by atoms with Crippen LogP contribution < -0.4 is 11.1 Å². The molecule has 6 heteroatoms. The van der Waals surface area contributed by atoms with Crippen LogP contribution in [0, 0.1) is 5.92 Å². The predicted octanol–water partition coefficient (Wildman–Crippen LogP) is 2.95. The van der Waals surface area contributed by atoms with Crippen molar-refractivity contribution in [3.05, 3.63) is 21.9 Å². The number of amides is 1. The molecule has 1 aliphatic rings. The van der Waals surface area contributed by atoms with Crippen LogP contribution in [0.1, 0.15) is 25.7 Å². The van der Waals surface area contributed by atoms with E-state index in [0.717, 1.165) is 30.2 Å². The second-order valence-corrected chi connectivity index (χ2v) is 5.88. The molecule has 1 aromatic rings. The van der Waals surface area contributed by atoms with Crippen LogP contribution in [0.2, 0.25) is 5.15 Å². The zero-order valence-electron chi connectivity index (χ0n) is 9.83. The molecule has 1 fully saturated rings. The molecule has 4 nitrogen and oxygen atoms in total. The van der Waals surface area contributed by atoms with Crippen molar-refractivity contribution in [3.63, 3.8) is 0 Å². The summed E-state index contributed by atoms with van der Waals surface area (Å²) < 4.78 is 0.780. The van der Waals surface area contributed by atoms with E-state index in [9.17, 15) is 4.79 Å². The Morgan fingerprint density at radius 2 is 2.33 bits per heavy atom. The lowest BCUT2D eigenvalue weighted by Gasteiger charge is -2.25. The molecule has 1 saturated carbocycles. The van der Waals surface area contributed by atoms with E-state index in [1.165, 1.54) is 0 Å². The average Bonchev–Trinajstić information content (AvgIpc) is 2.34. The fourth-order valence-corrected chi connectivity index (χ4v) is 2.69. The second kappa shape index (κ2) is 5.99. The van der Waals surface area contributed by atoms with Crippen molar-refractivity contribution in [3.8, 4) is 0 Å². The Hall–Kier alpha value is -0.650. The first-order chi connectivity index (χ1) is 8.56. The maximum Gasteiger partial charge on any atom is 0.227 e. The molecule has 3 N–H and O–H groups in total. The summed E-state index contributed by atoms with van der Waals surface area (Å²) in [4.78, 5) is 16.1. The van der Waals surface area contributed by atoms with Gasteiger partial charge < -0.3 is 11.1 Å². The first-order valence-electron chi connectivity index (χ1n) is 5.93. The maximum atomic E-state index is 12.1. The zero-order valence-corrected chi connectivity index (χ0v) is 12.2. The minimum Gasteiger partial charge on any atom is -0.328 e. The van der Waals surface area contributed by atoms with Crippen molar-refractivity contribution in [2.75, 3.05) is 5.32 Å². The van der Waals surface area contributed by atoms with Crippen molar-refractivity contribution in [1.29, 1.82) is 0 Å². The molecule has 1 aliphatic carbocycles. The van der Waals surface area contributed by atoms with Crippen LogP contribution in [0.3, 0.4) is 0 Å². The molecule has 98 valence electrons. The number of anilines is 1. The maximum absolute atomic E-state index is 12.1. The Labute approximate surface area is 119 Å². The average molecular weight is 333 g/mol. The molecule has 1 amide bonds. The highest BCUT2D eigenvalue weighted by Gasteiger charge is 2.25. The molecule has 0 radical (unpaired) electrons. The molecule has 0 spiro atoms. The predicted molar refractivity (Wildman–Crippen MR) is 75.5 cm³/mol. The number of carbonyl (C=O) groups is 1. The molecule has 0 saturated heterocycles. The number of nitrogens with two attached hydrogens (primary N) is 1. The van der Waals surface area contributed by atoms with Gasteiger partial charge in [-0.05, 0) is 41.3 Å². The van der Waals surface area contributed by atoms with Crippen molar-refractivity contribution < 1.29 is 4.79 Å². The summed E-state index contributed by atoms with van der Waals surface area (Å²) in [5.74, 6) is -0.0456. The van der Waals surface area contributed by atoms with Gasteiger partial charge in [0.25, 0.3) is 0 Å². The highest BCUT2D eigenvalue weighted by molar-refractivity contribution is 9.10. The summed E-state index contributed by atoms with van der Waals surface area (Å²) in [6, 6.07) is 1.88. The van der Waals surface area contributed by atoms with Gasteiger partial charge in [0.1, 0.15) is 0 Å². The highest BCUT2D eigenvalue weighted by Crippen LogP contribution is 2.27. The van der Waals surface area contributed by atoms with E-state index < -0.39 is 0 Å². The Kier molecular flexibility index (Phi) is 4.59. The van der Waals surface area contributed by atoms with Gasteiger partial charge >= 0.3 is 0 Å². The molecule has 2 unspecified atom stereocenters. The van der Waals surface area contributed by atoms with Gasteiger partial charge in [-0.3, -0.25) is 4.79 Å². The lowest BCUT2D eigenvalue weighted by atomic mass is 9.85. The topological polar surface area (TPSA) is 68.0 Å². The Morgan fingerprint density at radius 1 is 1.56 bits per heavy atom. The largest absolute Gasteiger partial charge is 0.328 e. The normalized spacial score (nSPS) is 23.7. The molecule has 1 heterocycles. The molecule has 0 aromatic carbocycles. The van der Waals surface area contributed by atoms with E-state index in [4.69, 9.17) is 17.3 Å². The molecule has 18 heavy (non-hydrogen) atoms. The van der Waals surface area contributed by atoms with Crippen molar-refractivity contribution in [2.24, 2.45) is 11.7 Å². The van der Waals surface area contributed by atoms with Gasteiger partial charge in [0.2, 0.25) is 5.91 Å². The Balaban J connectivity index is 2.04. The Morgan fingerprint density at radius 3 is 3.06 bits per heavy atom. The van der Waals surface area contributed by atoms with Gasteiger partial charge in [-0.15, -0.1) is 0 Å². The van der Waals surface area contributed by atoms with E-state index in [1.54, 1.807) is 12.3 Å². The second-order valence-electron chi connectivity index (χ2n) is 4.60. The number of hydrogen-bond donors (Lipinski definition) is 2. The number of nitrogens with zero attached hydrogens (tertiary/aromatic N) is 1. The molecule has 2 atom stereocenters. The van der Waals surface area contributed by atoms with Crippen LogP contribution >= 0.6 is 27.5 Å². The summed E-state index contributed by atoms with van der Waals surface area (Å²) in [7, 11) is 0. The molecule has 0 aliphatic heterocycles. The van der Waals surface area contributed by atoms with Crippen LogP contribution in [0.5, 0.6) is 0 Å². The van der Waals surface area contributed by atoms with Gasteiger partial charge in [-0.2, -0.15) is 0 Å². The van der Waals surface area contributed by atoms with Crippen LogP contribution in [-0.2, 0) is 4.79 Å². The lowest BCUT2D eigenvalue weighted by molar-refractivity contribution is -0.120. The molecular formula is C12H15BrClN3O. The summed E-state index contributed by atoms with van der Waals surface area (Å²) in [5, 5.41) is 3.12. The van der Waals surface area contributed by atoms with Gasteiger partial charge in [0.15, 0.2) is 5.15 Å². The molecule has 2 rings (SSSR count). The monoisotopic (exact) mass is 331 g/mol. The third kappa shape index (κ3) is 3.43. The SMILES string of the molecule is NC1CCCC(C(=O)Nc2cc(Br)cnc2Cl)C1. The third-order valence-electron chi connectivity index (χ3n) is 3.15. The fraction of sp³-hybridized carbons (Fsp3) is 0.500. The number of nitrogens with one attached hydrogen (secondary N) is 1. The van der Waals surface area contributed by atoms with E-state index in [1.807, 2.05) is 0 Å². The summed E-state index contributed by atoms with van der Waals surface area (Å²) in [5.41, 5.74) is 6.42. The minimum atomic E-state index is -0.0243. The van der Waals surface area contributed by atoms with Crippen LogP contribution in [0.15, 0.2) is 16.7 Å². The van der Waals surface area contributed by atoms with Crippen molar-refractivity contribution in [2.45, 2.75) is 31.7 Å². The number of pyridine rings is 1. The first-order valence-corrected chi connectivity index (χ1v) is 7.11. The number of hydrogen-bond acceptors (Lipinski definition) is 3. The van der Waals surface area contributed by atoms with Gasteiger partial charge in [0, 0.05) is 22.6 Å². The van der Waals surface area contributed by atoms with Crippen LogP contribution in [-0.4, -0.2) is 16.9 Å². The number of aromatic nitrogens is 1. The standard InChI is InChI=1S/C12H15BrClN3O/c13-8-5-10(11(14)16-6-8)17-12(18)7-2-1-3-9(15)4-7/h5-7,9H,1-4,15H2,(H,17,18). The highest BCUT2D eigenvalue weighted by atomic mass is 79.9. The van der Waals surface area contributed by atoms with Gasteiger partial charge in [0.05, 0.1) is 5.69 Å². The van der Waals surface area contributed by atoms with E-state index >= 15 is 0 Å². The number of carbonyl (C=O) groups excluding carboxylic acids is 1. The van der Waals surface area contributed by atoms with Crippen LogP contribution in [0.4, 0.5) is 5.69 Å². The van der Waals surface area contributed by atoms with Gasteiger partial charge in [-0.25, -0.2) is 4.98 Å². The summed E-state index contributed by atoms with van der Waals surface area (Å²) in [6.45, 7) is 0. The van der Waals surface area contributed by atoms with E-state index in [-0.39, 0.29) is 17.9 Å². The lowest BCUT2D eigenvalue weighted by Crippen LogP contribution is -2.34.